The minimum atomic E-state index is 0.106. The van der Waals surface area contributed by atoms with E-state index in [1.807, 2.05) is 25.1 Å². The molecule has 0 aliphatic rings. The minimum Gasteiger partial charge on any atom is -0.494 e. The van der Waals surface area contributed by atoms with Crippen LogP contribution in [0, 0.1) is 0 Å². The molecule has 0 aliphatic carbocycles. The van der Waals surface area contributed by atoms with Gasteiger partial charge in [-0.15, -0.1) is 0 Å². The summed E-state index contributed by atoms with van der Waals surface area (Å²) >= 11 is 0. The zero-order valence-electron chi connectivity index (χ0n) is 11.8. The molecule has 1 atom stereocenters. The van der Waals surface area contributed by atoms with E-state index in [1.165, 1.54) is 32.1 Å². The molecule has 0 amide bonds. The van der Waals surface area contributed by atoms with Crippen molar-refractivity contribution in [3.05, 3.63) is 29.8 Å². The molecule has 1 aromatic carbocycles. The third kappa shape index (κ3) is 5.09. The maximum absolute atomic E-state index is 6.26. The normalized spacial score (nSPS) is 12.4. The first-order valence-electron chi connectivity index (χ1n) is 7.26. The summed E-state index contributed by atoms with van der Waals surface area (Å²) in [7, 11) is 0. The number of rotatable bonds is 9. The topological polar surface area (TPSA) is 35.2 Å². The molecule has 0 saturated heterocycles. The lowest BCUT2D eigenvalue weighted by Crippen LogP contribution is -2.12. The Morgan fingerprint density at radius 1 is 1.06 bits per heavy atom. The lowest BCUT2D eigenvalue weighted by molar-refractivity contribution is 0.333. The SMILES string of the molecule is CCCCCCCC(N)c1ccccc1OCC. The molecule has 1 unspecified atom stereocenters. The fourth-order valence-electron chi connectivity index (χ4n) is 2.20. The van der Waals surface area contributed by atoms with Crippen LogP contribution in [0.3, 0.4) is 0 Å². The van der Waals surface area contributed by atoms with Crippen LogP contribution in [-0.2, 0) is 0 Å². The van der Waals surface area contributed by atoms with E-state index in [0.29, 0.717) is 6.61 Å². The fraction of sp³-hybridized carbons (Fsp3) is 0.625. The van der Waals surface area contributed by atoms with Gasteiger partial charge >= 0.3 is 0 Å². The van der Waals surface area contributed by atoms with Crippen LogP contribution in [0.4, 0.5) is 0 Å². The second-order valence-electron chi connectivity index (χ2n) is 4.78. The summed E-state index contributed by atoms with van der Waals surface area (Å²) in [5.41, 5.74) is 7.41. The van der Waals surface area contributed by atoms with Crippen LogP contribution >= 0.6 is 0 Å². The van der Waals surface area contributed by atoms with Crippen LogP contribution in [0.15, 0.2) is 24.3 Å². The van der Waals surface area contributed by atoms with Gasteiger partial charge in [-0.3, -0.25) is 0 Å². The van der Waals surface area contributed by atoms with Crippen molar-refractivity contribution in [1.29, 1.82) is 0 Å². The van der Waals surface area contributed by atoms with Crippen LogP contribution in [-0.4, -0.2) is 6.61 Å². The number of para-hydroxylation sites is 1. The molecule has 1 rings (SSSR count). The molecule has 0 radical (unpaired) electrons. The van der Waals surface area contributed by atoms with Crippen molar-refractivity contribution < 1.29 is 4.74 Å². The van der Waals surface area contributed by atoms with E-state index in [0.717, 1.165) is 17.7 Å². The van der Waals surface area contributed by atoms with E-state index in [4.69, 9.17) is 10.5 Å². The molecule has 18 heavy (non-hydrogen) atoms. The van der Waals surface area contributed by atoms with Crippen LogP contribution in [0.25, 0.3) is 0 Å². The highest BCUT2D eigenvalue weighted by molar-refractivity contribution is 5.35. The molecule has 0 aliphatic heterocycles. The summed E-state index contributed by atoms with van der Waals surface area (Å²) in [6.45, 7) is 4.94. The van der Waals surface area contributed by atoms with Crippen molar-refractivity contribution in [2.75, 3.05) is 6.61 Å². The predicted octanol–water partition coefficient (Wildman–Crippen LogP) is 4.45. The monoisotopic (exact) mass is 249 g/mol. The van der Waals surface area contributed by atoms with Crippen molar-refractivity contribution in [3.63, 3.8) is 0 Å². The number of unbranched alkanes of at least 4 members (excludes halogenated alkanes) is 4. The van der Waals surface area contributed by atoms with Gasteiger partial charge in [0.05, 0.1) is 6.61 Å². The zero-order chi connectivity index (χ0) is 13.2. The summed E-state index contributed by atoms with van der Waals surface area (Å²) in [4.78, 5) is 0. The van der Waals surface area contributed by atoms with Crippen LogP contribution in [0.5, 0.6) is 5.75 Å². The summed E-state index contributed by atoms with van der Waals surface area (Å²) in [5, 5.41) is 0. The van der Waals surface area contributed by atoms with Gasteiger partial charge in [0.1, 0.15) is 5.75 Å². The molecule has 2 N–H and O–H groups in total. The maximum Gasteiger partial charge on any atom is 0.124 e. The third-order valence-corrected chi connectivity index (χ3v) is 3.24. The molecule has 2 heteroatoms. The maximum atomic E-state index is 6.26. The minimum absolute atomic E-state index is 0.106. The summed E-state index contributed by atoms with van der Waals surface area (Å²) in [6.07, 6.45) is 7.51. The second kappa shape index (κ2) is 8.98. The highest BCUT2D eigenvalue weighted by Gasteiger charge is 2.10. The van der Waals surface area contributed by atoms with E-state index >= 15 is 0 Å². The van der Waals surface area contributed by atoms with Crippen LogP contribution in [0.1, 0.15) is 64.0 Å². The first-order valence-corrected chi connectivity index (χ1v) is 7.26. The third-order valence-electron chi connectivity index (χ3n) is 3.24. The Morgan fingerprint density at radius 2 is 1.78 bits per heavy atom. The predicted molar refractivity (Wildman–Crippen MR) is 77.9 cm³/mol. The van der Waals surface area contributed by atoms with Gasteiger partial charge in [-0.05, 0) is 19.4 Å². The molecule has 1 aromatic rings. The van der Waals surface area contributed by atoms with Crippen molar-refractivity contribution in [2.24, 2.45) is 5.73 Å². The molecule has 102 valence electrons. The quantitative estimate of drug-likeness (QED) is 0.656. The van der Waals surface area contributed by atoms with Gasteiger partial charge in [-0.1, -0.05) is 57.2 Å². The Bertz CT molecular complexity index is 325. The summed E-state index contributed by atoms with van der Waals surface area (Å²) in [6, 6.07) is 8.24. The first kappa shape index (κ1) is 15.0. The molecule has 0 saturated carbocycles. The molecular weight excluding hydrogens is 222 g/mol. The van der Waals surface area contributed by atoms with Crippen molar-refractivity contribution in [2.45, 2.75) is 58.4 Å². The Hall–Kier alpha value is -1.02. The van der Waals surface area contributed by atoms with Gasteiger partial charge in [-0.25, -0.2) is 0 Å². The second-order valence-corrected chi connectivity index (χ2v) is 4.78. The van der Waals surface area contributed by atoms with Crippen LogP contribution in [0.2, 0.25) is 0 Å². The number of nitrogens with two attached hydrogens (primary N) is 1. The van der Waals surface area contributed by atoms with Crippen LogP contribution < -0.4 is 10.5 Å². The van der Waals surface area contributed by atoms with E-state index in [-0.39, 0.29) is 6.04 Å². The molecular formula is C16H27NO. The van der Waals surface area contributed by atoms with Crippen molar-refractivity contribution >= 4 is 0 Å². The smallest absolute Gasteiger partial charge is 0.124 e. The van der Waals surface area contributed by atoms with E-state index in [1.54, 1.807) is 0 Å². The lowest BCUT2D eigenvalue weighted by Gasteiger charge is -2.16. The average molecular weight is 249 g/mol. The summed E-state index contributed by atoms with van der Waals surface area (Å²) < 4.78 is 5.62. The van der Waals surface area contributed by atoms with Gasteiger partial charge in [0, 0.05) is 11.6 Å². The number of hydrogen-bond acceptors (Lipinski definition) is 2. The first-order chi connectivity index (χ1) is 8.79. The average Bonchev–Trinajstić information content (AvgIpc) is 2.39. The van der Waals surface area contributed by atoms with Crippen molar-refractivity contribution in [3.8, 4) is 5.75 Å². The molecule has 0 fully saturated rings. The number of ether oxygens (including phenoxy) is 1. The summed E-state index contributed by atoms with van der Waals surface area (Å²) in [5.74, 6) is 0.945. The van der Waals surface area contributed by atoms with Gasteiger partial charge in [0.15, 0.2) is 0 Å². The number of hydrogen-bond donors (Lipinski definition) is 1. The molecule has 0 bridgehead atoms. The van der Waals surface area contributed by atoms with Gasteiger partial charge in [0.25, 0.3) is 0 Å². The Labute approximate surface area is 112 Å². The fourth-order valence-corrected chi connectivity index (χ4v) is 2.20. The van der Waals surface area contributed by atoms with E-state index < -0.39 is 0 Å². The number of benzene rings is 1. The molecule has 0 heterocycles. The van der Waals surface area contributed by atoms with E-state index in [9.17, 15) is 0 Å². The highest BCUT2D eigenvalue weighted by Crippen LogP contribution is 2.27. The molecule has 0 spiro atoms. The standard InChI is InChI=1S/C16H27NO/c1-3-5-6-7-8-12-15(17)14-11-9-10-13-16(14)18-4-2/h9-11,13,15H,3-8,12,17H2,1-2H3. The highest BCUT2D eigenvalue weighted by atomic mass is 16.5. The van der Waals surface area contributed by atoms with Gasteiger partial charge in [0.2, 0.25) is 0 Å². The van der Waals surface area contributed by atoms with Crippen molar-refractivity contribution in [1.82, 2.24) is 0 Å². The van der Waals surface area contributed by atoms with Gasteiger partial charge < -0.3 is 10.5 Å². The Balaban J connectivity index is 2.42. The largest absolute Gasteiger partial charge is 0.494 e. The zero-order valence-corrected chi connectivity index (χ0v) is 11.8. The Morgan fingerprint density at radius 3 is 2.50 bits per heavy atom. The lowest BCUT2D eigenvalue weighted by atomic mass is 10.00. The molecule has 2 nitrogen and oxygen atoms in total. The van der Waals surface area contributed by atoms with E-state index in [2.05, 4.69) is 13.0 Å². The Kier molecular flexibility index (Phi) is 7.51. The molecule has 0 aromatic heterocycles. The van der Waals surface area contributed by atoms with Gasteiger partial charge in [-0.2, -0.15) is 0 Å².